The molecule has 3 rings (SSSR count). The summed E-state index contributed by atoms with van der Waals surface area (Å²) < 4.78 is 5.83. The first kappa shape index (κ1) is 15.3. The van der Waals surface area contributed by atoms with Gasteiger partial charge in [0.2, 0.25) is 0 Å². The van der Waals surface area contributed by atoms with Crippen LogP contribution >= 0.6 is 22.9 Å². The van der Waals surface area contributed by atoms with Crippen LogP contribution in [0.1, 0.15) is 29.1 Å². The average molecular weight is 339 g/mol. The van der Waals surface area contributed by atoms with Gasteiger partial charge in [0.25, 0.3) is 5.91 Å². The van der Waals surface area contributed by atoms with Gasteiger partial charge in [0.15, 0.2) is 0 Å². The number of hydrogen-bond acceptors (Lipinski definition) is 4. The molecule has 1 saturated heterocycles. The minimum absolute atomic E-state index is 0.150. The van der Waals surface area contributed by atoms with E-state index >= 15 is 0 Å². The lowest BCUT2D eigenvalue weighted by atomic mass is 10.0. The van der Waals surface area contributed by atoms with Crippen molar-refractivity contribution in [3.63, 3.8) is 0 Å². The molecular formula is C15H15ClN2O3S. The minimum Gasteiger partial charge on any atom is -0.370 e. The van der Waals surface area contributed by atoms with Crippen molar-refractivity contribution in [2.75, 3.05) is 13.2 Å². The number of hydrogen-bond donors (Lipinski definition) is 1. The summed E-state index contributed by atoms with van der Waals surface area (Å²) in [4.78, 5) is 27.9. The number of ether oxygens (including phenoxy) is 1. The Morgan fingerprint density at radius 2 is 2.32 bits per heavy atom. The largest absolute Gasteiger partial charge is 0.370 e. The lowest BCUT2D eigenvalue weighted by Gasteiger charge is -2.39. The Kier molecular flexibility index (Phi) is 4.33. The molecule has 1 amide bonds. The zero-order valence-electron chi connectivity index (χ0n) is 11.9. The van der Waals surface area contributed by atoms with Crippen LogP contribution in [0.25, 0.3) is 0 Å². The van der Waals surface area contributed by atoms with Crippen LogP contribution in [0.3, 0.4) is 0 Å². The maximum Gasteiger partial charge on any atom is 0.305 e. The zero-order chi connectivity index (χ0) is 15.7. The fraction of sp³-hybridized carbons (Fsp3) is 0.333. The van der Waals surface area contributed by atoms with Gasteiger partial charge in [-0.1, -0.05) is 35.1 Å². The van der Waals surface area contributed by atoms with E-state index in [1.54, 1.807) is 16.3 Å². The molecule has 1 aromatic carbocycles. The molecular weight excluding hydrogens is 324 g/mol. The molecule has 0 unspecified atom stereocenters. The molecule has 22 heavy (non-hydrogen) atoms. The van der Waals surface area contributed by atoms with E-state index in [-0.39, 0.29) is 22.9 Å². The van der Waals surface area contributed by atoms with E-state index in [0.29, 0.717) is 23.9 Å². The van der Waals surface area contributed by atoms with E-state index in [2.05, 4.69) is 4.98 Å². The van der Waals surface area contributed by atoms with Gasteiger partial charge in [-0.15, -0.1) is 0 Å². The van der Waals surface area contributed by atoms with Crippen molar-refractivity contribution < 1.29 is 9.53 Å². The van der Waals surface area contributed by atoms with Gasteiger partial charge in [-0.2, -0.15) is 0 Å². The number of amides is 1. The molecule has 0 aliphatic carbocycles. The summed E-state index contributed by atoms with van der Waals surface area (Å²) in [6.45, 7) is 2.88. The maximum atomic E-state index is 12.5. The van der Waals surface area contributed by atoms with E-state index < -0.39 is 0 Å². The summed E-state index contributed by atoms with van der Waals surface area (Å²) in [5.74, 6) is -0.179. The van der Waals surface area contributed by atoms with E-state index in [9.17, 15) is 9.59 Å². The number of morpholine rings is 1. The van der Waals surface area contributed by atoms with Crippen molar-refractivity contribution in [1.82, 2.24) is 9.88 Å². The highest BCUT2D eigenvalue weighted by atomic mass is 35.5. The SMILES string of the molecule is C[C@@H]1[C@@H](c2cccc(Cl)c2)OCCN1C(=O)c1csc(=O)[nH]1. The first-order valence-corrected chi connectivity index (χ1v) is 8.18. The highest BCUT2D eigenvalue weighted by Gasteiger charge is 2.34. The fourth-order valence-electron chi connectivity index (χ4n) is 2.67. The molecule has 0 radical (unpaired) electrons. The third kappa shape index (κ3) is 2.95. The summed E-state index contributed by atoms with van der Waals surface area (Å²) >= 11 is 7.02. The number of aromatic amines is 1. The van der Waals surface area contributed by atoms with Crippen LogP contribution in [0, 0.1) is 0 Å². The van der Waals surface area contributed by atoms with E-state index in [0.717, 1.165) is 16.9 Å². The number of carbonyl (C=O) groups excluding carboxylic acids is 1. The number of thiazole rings is 1. The Labute approximate surface area is 136 Å². The minimum atomic E-state index is -0.234. The third-order valence-electron chi connectivity index (χ3n) is 3.75. The van der Waals surface area contributed by atoms with Gasteiger partial charge >= 0.3 is 4.87 Å². The van der Waals surface area contributed by atoms with Crippen LogP contribution < -0.4 is 4.87 Å². The predicted molar refractivity (Wildman–Crippen MR) is 85.6 cm³/mol. The number of halogens is 1. The Balaban J connectivity index is 1.85. The molecule has 2 heterocycles. The van der Waals surface area contributed by atoms with E-state index in [1.165, 1.54) is 0 Å². The third-order valence-corrected chi connectivity index (χ3v) is 4.65. The van der Waals surface area contributed by atoms with Crippen molar-refractivity contribution in [3.05, 3.63) is 55.6 Å². The van der Waals surface area contributed by atoms with Crippen LogP contribution in [0.5, 0.6) is 0 Å². The van der Waals surface area contributed by atoms with E-state index in [1.807, 2.05) is 25.1 Å². The molecule has 116 valence electrons. The van der Waals surface area contributed by atoms with Crippen molar-refractivity contribution in [2.45, 2.75) is 19.1 Å². The van der Waals surface area contributed by atoms with Gasteiger partial charge in [-0.25, -0.2) is 0 Å². The van der Waals surface area contributed by atoms with Crippen molar-refractivity contribution in [3.8, 4) is 0 Å². The molecule has 0 saturated carbocycles. The molecule has 0 bridgehead atoms. The van der Waals surface area contributed by atoms with Crippen LogP contribution in [0.15, 0.2) is 34.4 Å². The number of carbonyl (C=O) groups is 1. The molecule has 2 aromatic rings. The highest BCUT2D eigenvalue weighted by molar-refractivity contribution is 7.07. The highest BCUT2D eigenvalue weighted by Crippen LogP contribution is 2.30. The summed E-state index contributed by atoms with van der Waals surface area (Å²) in [6, 6.07) is 7.31. The second-order valence-electron chi connectivity index (χ2n) is 5.15. The second-order valence-corrected chi connectivity index (χ2v) is 6.43. The number of rotatable bonds is 2. The topological polar surface area (TPSA) is 62.4 Å². The number of benzene rings is 1. The quantitative estimate of drug-likeness (QED) is 0.915. The van der Waals surface area contributed by atoms with Crippen molar-refractivity contribution >= 4 is 28.8 Å². The normalized spacial score (nSPS) is 21.8. The number of H-pyrrole nitrogens is 1. The molecule has 1 aliphatic rings. The summed E-state index contributed by atoms with van der Waals surface area (Å²) in [6.07, 6.45) is -0.234. The lowest BCUT2D eigenvalue weighted by Crippen LogP contribution is -2.48. The van der Waals surface area contributed by atoms with Crippen LogP contribution in [0.2, 0.25) is 5.02 Å². The summed E-state index contributed by atoms with van der Waals surface area (Å²) in [7, 11) is 0. The van der Waals surface area contributed by atoms with Gasteiger partial charge in [-0.05, 0) is 24.6 Å². The Hall–Kier alpha value is -1.63. The van der Waals surface area contributed by atoms with Gasteiger partial charge in [0.1, 0.15) is 11.8 Å². The Bertz CT molecular complexity index is 742. The standard InChI is InChI=1S/C15H15ClN2O3S/c1-9-13(10-3-2-4-11(16)7-10)21-6-5-18(9)14(19)12-8-22-15(20)17-12/h2-4,7-9,13H,5-6H2,1H3,(H,17,20)/t9-,13+/m1/s1. The van der Waals surface area contributed by atoms with Crippen LogP contribution in [-0.4, -0.2) is 35.0 Å². The molecule has 1 aliphatic heterocycles. The van der Waals surface area contributed by atoms with Gasteiger partial charge in [0, 0.05) is 16.9 Å². The van der Waals surface area contributed by atoms with Crippen molar-refractivity contribution in [1.29, 1.82) is 0 Å². The van der Waals surface area contributed by atoms with Crippen molar-refractivity contribution in [2.24, 2.45) is 0 Å². The predicted octanol–water partition coefficient (Wildman–Crippen LogP) is 2.69. The smallest absolute Gasteiger partial charge is 0.305 e. The second kappa shape index (κ2) is 6.24. The molecule has 1 aromatic heterocycles. The Morgan fingerprint density at radius 1 is 1.50 bits per heavy atom. The summed E-state index contributed by atoms with van der Waals surface area (Å²) in [5, 5.41) is 2.19. The zero-order valence-corrected chi connectivity index (χ0v) is 13.5. The molecule has 2 atom stereocenters. The molecule has 1 N–H and O–H groups in total. The number of aromatic nitrogens is 1. The molecule has 1 fully saturated rings. The number of nitrogens with one attached hydrogen (secondary N) is 1. The first-order valence-electron chi connectivity index (χ1n) is 6.92. The average Bonchev–Trinajstić information content (AvgIpc) is 2.93. The van der Waals surface area contributed by atoms with Gasteiger partial charge in [-0.3, -0.25) is 9.59 Å². The maximum absolute atomic E-state index is 12.5. The first-order chi connectivity index (χ1) is 10.6. The van der Waals surface area contributed by atoms with Gasteiger partial charge < -0.3 is 14.6 Å². The Morgan fingerprint density at radius 3 is 3.00 bits per heavy atom. The lowest BCUT2D eigenvalue weighted by molar-refractivity contribution is -0.0553. The molecule has 0 spiro atoms. The molecule has 5 nitrogen and oxygen atoms in total. The molecule has 7 heteroatoms. The fourth-order valence-corrected chi connectivity index (χ4v) is 3.42. The number of nitrogens with zero attached hydrogens (tertiary/aromatic N) is 1. The summed E-state index contributed by atoms with van der Waals surface area (Å²) in [5.41, 5.74) is 1.27. The van der Waals surface area contributed by atoms with Crippen LogP contribution in [-0.2, 0) is 4.74 Å². The van der Waals surface area contributed by atoms with Gasteiger partial charge in [0.05, 0.1) is 12.6 Å². The van der Waals surface area contributed by atoms with E-state index in [4.69, 9.17) is 16.3 Å². The monoisotopic (exact) mass is 338 g/mol. The van der Waals surface area contributed by atoms with Crippen LogP contribution in [0.4, 0.5) is 0 Å².